The van der Waals surface area contributed by atoms with Crippen molar-refractivity contribution in [2.24, 2.45) is 0 Å². The predicted molar refractivity (Wildman–Crippen MR) is 44.7 cm³/mol. The van der Waals surface area contributed by atoms with Crippen LogP contribution in [0, 0.1) is 0 Å². The van der Waals surface area contributed by atoms with Gasteiger partial charge in [0.2, 0.25) is 0 Å². The standard InChI is InChI=1S/C8H14N2O2/c1-11-8(12-2)4-7-10-6-3-5-9-10/h3,5-6,8H,4,7H2,1-2H3. The number of aryl methyl sites for hydroxylation is 1. The molecule has 1 aromatic heterocycles. The van der Waals surface area contributed by atoms with Gasteiger partial charge in [0, 0.05) is 39.6 Å². The van der Waals surface area contributed by atoms with Gasteiger partial charge in [-0.2, -0.15) is 5.10 Å². The molecule has 12 heavy (non-hydrogen) atoms. The highest BCUT2D eigenvalue weighted by Crippen LogP contribution is 1.99. The van der Waals surface area contributed by atoms with Gasteiger partial charge in [0.05, 0.1) is 0 Å². The number of methoxy groups -OCH3 is 2. The minimum absolute atomic E-state index is 0.130. The molecule has 0 amide bonds. The predicted octanol–water partition coefficient (Wildman–Crippen LogP) is 0.892. The third-order valence-corrected chi connectivity index (χ3v) is 1.68. The Balaban J connectivity index is 2.25. The second kappa shape index (κ2) is 4.90. The second-order valence-corrected chi connectivity index (χ2v) is 2.46. The quantitative estimate of drug-likeness (QED) is 0.616. The Labute approximate surface area is 72.1 Å². The van der Waals surface area contributed by atoms with Crippen molar-refractivity contribution in [3.05, 3.63) is 18.5 Å². The van der Waals surface area contributed by atoms with Crippen LogP contribution in [0.15, 0.2) is 18.5 Å². The fraction of sp³-hybridized carbons (Fsp3) is 0.625. The third kappa shape index (κ3) is 2.64. The zero-order chi connectivity index (χ0) is 8.81. The molecule has 1 heterocycles. The van der Waals surface area contributed by atoms with Crippen molar-refractivity contribution in [3.8, 4) is 0 Å². The van der Waals surface area contributed by atoms with Crippen LogP contribution < -0.4 is 0 Å². The lowest BCUT2D eigenvalue weighted by molar-refractivity contribution is -0.108. The monoisotopic (exact) mass is 170 g/mol. The van der Waals surface area contributed by atoms with Crippen LogP contribution in [0.25, 0.3) is 0 Å². The maximum absolute atomic E-state index is 5.03. The first-order valence-corrected chi connectivity index (χ1v) is 3.90. The summed E-state index contributed by atoms with van der Waals surface area (Å²) in [4.78, 5) is 0. The van der Waals surface area contributed by atoms with E-state index >= 15 is 0 Å². The van der Waals surface area contributed by atoms with Crippen LogP contribution in [0.2, 0.25) is 0 Å². The van der Waals surface area contributed by atoms with E-state index in [4.69, 9.17) is 9.47 Å². The molecule has 0 spiro atoms. The summed E-state index contributed by atoms with van der Waals surface area (Å²) in [5.74, 6) is 0. The van der Waals surface area contributed by atoms with Crippen molar-refractivity contribution in [2.45, 2.75) is 19.3 Å². The Bertz CT molecular complexity index is 195. The smallest absolute Gasteiger partial charge is 0.158 e. The molecule has 0 unspecified atom stereocenters. The maximum atomic E-state index is 5.03. The SMILES string of the molecule is COC(CCn1cccn1)OC. The van der Waals surface area contributed by atoms with Gasteiger partial charge in [0.25, 0.3) is 0 Å². The molecule has 0 aliphatic carbocycles. The lowest BCUT2D eigenvalue weighted by Gasteiger charge is -2.12. The second-order valence-electron chi connectivity index (χ2n) is 2.46. The third-order valence-electron chi connectivity index (χ3n) is 1.68. The minimum Gasteiger partial charge on any atom is -0.356 e. The first-order valence-electron chi connectivity index (χ1n) is 3.90. The van der Waals surface area contributed by atoms with Crippen LogP contribution in [0.5, 0.6) is 0 Å². The van der Waals surface area contributed by atoms with Gasteiger partial charge in [-0.3, -0.25) is 4.68 Å². The highest BCUT2D eigenvalue weighted by atomic mass is 16.7. The zero-order valence-electron chi connectivity index (χ0n) is 7.43. The Kier molecular flexibility index (Phi) is 3.76. The van der Waals surface area contributed by atoms with Gasteiger partial charge in [-0.1, -0.05) is 0 Å². The summed E-state index contributed by atoms with van der Waals surface area (Å²) >= 11 is 0. The van der Waals surface area contributed by atoms with Crippen LogP contribution in [0.3, 0.4) is 0 Å². The summed E-state index contributed by atoms with van der Waals surface area (Å²) in [5.41, 5.74) is 0. The van der Waals surface area contributed by atoms with Crippen molar-refractivity contribution >= 4 is 0 Å². The normalized spacial score (nSPS) is 10.9. The van der Waals surface area contributed by atoms with Crippen molar-refractivity contribution in [2.75, 3.05) is 14.2 Å². The highest BCUT2D eigenvalue weighted by Gasteiger charge is 2.04. The van der Waals surface area contributed by atoms with Crippen LogP contribution in [0.4, 0.5) is 0 Å². The molecule has 1 rings (SSSR count). The van der Waals surface area contributed by atoms with E-state index in [1.807, 2.05) is 16.9 Å². The topological polar surface area (TPSA) is 36.3 Å². The lowest BCUT2D eigenvalue weighted by atomic mass is 10.4. The van der Waals surface area contributed by atoms with Crippen LogP contribution in [-0.2, 0) is 16.0 Å². The van der Waals surface area contributed by atoms with Crippen LogP contribution in [0.1, 0.15) is 6.42 Å². The molecule has 68 valence electrons. The molecule has 0 bridgehead atoms. The van der Waals surface area contributed by atoms with Gasteiger partial charge in [-0.25, -0.2) is 0 Å². The van der Waals surface area contributed by atoms with Gasteiger partial charge in [0.15, 0.2) is 6.29 Å². The van der Waals surface area contributed by atoms with E-state index in [2.05, 4.69) is 5.10 Å². The summed E-state index contributed by atoms with van der Waals surface area (Å²) in [6.45, 7) is 0.819. The van der Waals surface area contributed by atoms with Gasteiger partial charge >= 0.3 is 0 Å². The van der Waals surface area contributed by atoms with Crippen molar-refractivity contribution in [1.82, 2.24) is 9.78 Å². The van der Waals surface area contributed by atoms with E-state index < -0.39 is 0 Å². The maximum Gasteiger partial charge on any atom is 0.158 e. The van der Waals surface area contributed by atoms with E-state index in [0.29, 0.717) is 0 Å². The number of nitrogens with zero attached hydrogens (tertiary/aromatic N) is 2. The number of hydrogen-bond donors (Lipinski definition) is 0. The van der Waals surface area contributed by atoms with E-state index in [0.717, 1.165) is 13.0 Å². The average Bonchev–Trinajstić information content (AvgIpc) is 2.59. The fourth-order valence-corrected chi connectivity index (χ4v) is 1.00. The Morgan fingerprint density at radius 2 is 2.17 bits per heavy atom. The Morgan fingerprint density at radius 1 is 1.42 bits per heavy atom. The van der Waals surface area contributed by atoms with Crippen LogP contribution in [-0.4, -0.2) is 30.3 Å². The molecule has 0 aromatic carbocycles. The van der Waals surface area contributed by atoms with Gasteiger partial charge in [-0.15, -0.1) is 0 Å². The number of hydrogen-bond acceptors (Lipinski definition) is 3. The molecule has 0 saturated carbocycles. The molecule has 0 saturated heterocycles. The molecule has 0 aliphatic rings. The highest BCUT2D eigenvalue weighted by molar-refractivity contribution is 4.77. The molecule has 0 N–H and O–H groups in total. The summed E-state index contributed by atoms with van der Waals surface area (Å²) in [7, 11) is 3.27. The summed E-state index contributed by atoms with van der Waals surface area (Å²) in [5, 5.41) is 4.06. The molecular weight excluding hydrogens is 156 g/mol. The van der Waals surface area contributed by atoms with Gasteiger partial charge < -0.3 is 9.47 Å². The molecule has 4 heteroatoms. The zero-order valence-corrected chi connectivity index (χ0v) is 7.43. The minimum atomic E-state index is -0.130. The van der Waals surface area contributed by atoms with E-state index in [1.165, 1.54) is 0 Å². The summed E-state index contributed by atoms with van der Waals surface area (Å²) in [6, 6.07) is 1.90. The molecule has 0 radical (unpaired) electrons. The van der Waals surface area contributed by atoms with Gasteiger partial charge in [-0.05, 0) is 6.07 Å². The summed E-state index contributed by atoms with van der Waals surface area (Å²) in [6.07, 6.45) is 4.36. The summed E-state index contributed by atoms with van der Waals surface area (Å²) < 4.78 is 11.9. The number of aromatic nitrogens is 2. The largest absolute Gasteiger partial charge is 0.356 e. The molecule has 1 aromatic rings. The van der Waals surface area contributed by atoms with E-state index in [1.54, 1.807) is 20.4 Å². The van der Waals surface area contributed by atoms with E-state index in [9.17, 15) is 0 Å². The average molecular weight is 170 g/mol. The van der Waals surface area contributed by atoms with Crippen LogP contribution >= 0.6 is 0 Å². The van der Waals surface area contributed by atoms with Crippen molar-refractivity contribution in [1.29, 1.82) is 0 Å². The first-order chi connectivity index (χ1) is 5.86. The fourth-order valence-electron chi connectivity index (χ4n) is 1.00. The Hall–Kier alpha value is -0.870. The van der Waals surface area contributed by atoms with Crippen molar-refractivity contribution < 1.29 is 9.47 Å². The molecular formula is C8H14N2O2. The molecule has 0 fully saturated rings. The molecule has 0 atom stereocenters. The molecule has 0 aliphatic heterocycles. The Morgan fingerprint density at radius 3 is 2.67 bits per heavy atom. The number of rotatable bonds is 5. The number of ether oxygens (including phenoxy) is 2. The van der Waals surface area contributed by atoms with Gasteiger partial charge in [0.1, 0.15) is 0 Å². The molecule has 4 nitrogen and oxygen atoms in total. The van der Waals surface area contributed by atoms with Crippen molar-refractivity contribution in [3.63, 3.8) is 0 Å². The first kappa shape index (κ1) is 9.22. The lowest BCUT2D eigenvalue weighted by Crippen LogP contribution is -2.16. The van der Waals surface area contributed by atoms with E-state index in [-0.39, 0.29) is 6.29 Å².